The lowest BCUT2D eigenvalue weighted by Gasteiger charge is -2.06. The molecule has 1 aliphatic rings. The van der Waals surface area contributed by atoms with Gasteiger partial charge < -0.3 is 5.32 Å². The van der Waals surface area contributed by atoms with Crippen molar-refractivity contribution in [2.24, 2.45) is 0 Å². The van der Waals surface area contributed by atoms with Crippen molar-refractivity contribution in [1.29, 1.82) is 0 Å². The number of aryl methyl sites for hydroxylation is 1. The quantitative estimate of drug-likeness (QED) is 0.833. The van der Waals surface area contributed by atoms with Gasteiger partial charge in [-0.25, -0.2) is 18.4 Å². The molecule has 1 N–H and O–H groups in total. The highest BCUT2D eigenvalue weighted by atomic mass is 32.2. The molecular weight excluding hydrogens is 238 g/mol. The Morgan fingerprint density at radius 1 is 1.41 bits per heavy atom. The summed E-state index contributed by atoms with van der Waals surface area (Å²) in [5.74, 6) is 0.297. The molecule has 2 rings (SSSR count). The smallest absolute Gasteiger partial charge is 0.154 e. The maximum Gasteiger partial charge on any atom is 0.154 e. The molecule has 0 aliphatic heterocycles. The van der Waals surface area contributed by atoms with Gasteiger partial charge in [0.15, 0.2) is 9.84 Å². The summed E-state index contributed by atoms with van der Waals surface area (Å²) < 4.78 is 22.4. The van der Waals surface area contributed by atoms with Gasteiger partial charge in [-0.05, 0) is 25.8 Å². The van der Waals surface area contributed by atoms with Gasteiger partial charge in [0.2, 0.25) is 0 Å². The van der Waals surface area contributed by atoms with Crippen molar-refractivity contribution in [2.75, 3.05) is 6.26 Å². The number of aromatic nitrogens is 2. The van der Waals surface area contributed by atoms with Crippen molar-refractivity contribution >= 4 is 9.84 Å². The van der Waals surface area contributed by atoms with Crippen molar-refractivity contribution < 1.29 is 8.42 Å². The normalized spacial score (nSPS) is 16.1. The summed E-state index contributed by atoms with van der Waals surface area (Å²) in [5, 5.41) is 3.35. The number of rotatable bonds is 5. The van der Waals surface area contributed by atoms with E-state index in [-0.39, 0.29) is 5.75 Å². The second kappa shape index (κ2) is 4.70. The third-order valence-electron chi connectivity index (χ3n) is 2.49. The summed E-state index contributed by atoms with van der Waals surface area (Å²) in [6.07, 6.45) is 3.64. The minimum Gasteiger partial charge on any atom is -0.308 e. The van der Waals surface area contributed by atoms with E-state index in [1.807, 2.05) is 13.0 Å². The number of nitrogens with one attached hydrogen (secondary N) is 1. The fourth-order valence-electron chi connectivity index (χ4n) is 1.63. The predicted octanol–water partition coefficient (Wildman–Crippen LogP) is 0.582. The molecule has 1 aromatic rings. The molecule has 1 aromatic heterocycles. The molecule has 0 atom stereocenters. The van der Waals surface area contributed by atoms with E-state index in [1.165, 1.54) is 19.1 Å². The van der Waals surface area contributed by atoms with Crippen LogP contribution in [0.2, 0.25) is 0 Å². The lowest BCUT2D eigenvalue weighted by molar-refractivity contribution is 0.599. The summed E-state index contributed by atoms with van der Waals surface area (Å²) in [6.45, 7) is 2.54. The van der Waals surface area contributed by atoms with Crippen LogP contribution >= 0.6 is 0 Å². The van der Waals surface area contributed by atoms with E-state index in [1.54, 1.807) is 0 Å². The molecule has 94 valence electrons. The topological polar surface area (TPSA) is 72.0 Å². The second-order valence-electron chi connectivity index (χ2n) is 4.64. The zero-order valence-electron chi connectivity index (χ0n) is 10.1. The largest absolute Gasteiger partial charge is 0.308 e. The average molecular weight is 255 g/mol. The molecular formula is C11H17N3O2S. The fraction of sp³-hybridized carbons (Fsp3) is 0.636. The molecule has 0 bridgehead atoms. The van der Waals surface area contributed by atoms with E-state index >= 15 is 0 Å². The Hall–Kier alpha value is -1.01. The minimum absolute atomic E-state index is 0.0922. The second-order valence-corrected chi connectivity index (χ2v) is 6.78. The van der Waals surface area contributed by atoms with Gasteiger partial charge in [0.05, 0.1) is 5.69 Å². The molecule has 0 radical (unpaired) electrons. The van der Waals surface area contributed by atoms with Gasteiger partial charge >= 0.3 is 0 Å². The summed E-state index contributed by atoms with van der Waals surface area (Å²) in [7, 11) is -3.08. The Morgan fingerprint density at radius 3 is 2.71 bits per heavy atom. The summed E-state index contributed by atoms with van der Waals surface area (Å²) >= 11 is 0. The fourth-order valence-corrected chi connectivity index (χ4v) is 2.22. The van der Waals surface area contributed by atoms with Crippen LogP contribution in [0.5, 0.6) is 0 Å². The predicted molar refractivity (Wildman–Crippen MR) is 65.2 cm³/mol. The van der Waals surface area contributed by atoms with Gasteiger partial charge in [0, 0.05) is 24.5 Å². The van der Waals surface area contributed by atoms with Gasteiger partial charge in [-0.15, -0.1) is 0 Å². The summed E-state index contributed by atoms with van der Waals surface area (Å²) in [5.41, 5.74) is 1.68. The van der Waals surface area contributed by atoms with Crippen LogP contribution in [0, 0.1) is 6.92 Å². The van der Waals surface area contributed by atoms with Gasteiger partial charge in [-0.2, -0.15) is 0 Å². The highest BCUT2D eigenvalue weighted by Gasteiger charge is 2.20. The monoisotopic (exact) mass is 255 g/mol. The summed E-state index contributed by atoms with van der Waals surface area (Å²) in [4.78, 5) is 8.41. The molecule has 1 aliphatic carbocycles. The molecule has 5 nitrogen and oxygen atoms in total. The van der Waals surface area contributed by atoms with E-state index in [0.717, 1.165) is 11.4 Å². The summed E-state index contributed by atoms with van der Waals surface area (Å²) in [6, 6.07) is 2.50. The lowest BCUT2D eigenvalue weighted by atomic mass is 10.3. The number of nitrogens with zero attached hydrogens (tertiary/aromatic N) is 2. The van der Waals surface area contributed by atoms with Crippen molar-refractivity contribution in [3.8, 4) is 0 Å². The molecule has 1 fully saturated rings. The van der Waals surface area contributed by atoms with Crippen LogP contribution in [0.1, 0.15) is 30.1 Å². The molecule has 0 spiro atoms. The van der Waals surface area contributed by atoms with Crippen LogP contribution in [0.3, 0.4) is 0 Å². The molecule has 0 aromatic carbocycles. The van der Waals surface area contributed by atoms with Crippen molar-refractivity contribution in [3.05, 3.63) is 23.3 Å². The molecule has 0 amide bonds. The molecule has 0 unspecified atom stereocenters. The Morgan fingerprint density at radius 2 is 2.12 bits per heavy atom. The van der Waals surface area contributed by atoms with Crippen LogP contribution in [-0.4, -0.2) is 30.7 Å². The first-order valence-corrected chi connectivity index (χ1v) is 7.73. The van der Waals surface area contributed by atoms with Gasteiger partial charge in [-0.3, -0.25) is 0 Å². The SMILES string of the molecule is Cc1cc(CNC2CC2)nc(CS(C)(=O)=O)n1. The Balaban J connectivity index is 2.10. The van der Waals surface area contributed by atoms with E-state index < -0.39 is 9.84 Å². The van der Waals surface area contributed by atoms with Crippen LogP contribution in [0.25, 0.3) is 0 Å². The van der Waals surface area contributed by atoms with Crippen LogP contribution in [0.15, 0.2) is 6.07 Å². The third-order valence-corrected chi connectivity index (χ3v) is 3.28. The molecule has 6 heteroatoms. The number of hydrogen-bond acceptors (Lipinski definition) is 5. The van der Waals surface area contributed by atoms with E-state index in [2.05, 4.69) is 15.3 Å². The highest BCUT2D eigenvalue weighted by molar-refractivity contribution is 7.89. The van der Waals surface area contributed by atoms with E-state index in [0.29, 0.717) is 18.4 Å². The Bertz CT molecular complexity index is 509. The van der Waals surface area contributed by atoms with Crippen molar-refractivity contribution in [2.45, 2.75) is 38.1 Å². The highest BCUT2D eigenvalue weighted by Crippen LogP contribution is 2.19. The van der Waals surface area contributed by atoms with E-state index in [9.17, 15) is 8.42 Å². The average Bonchev–Trinajstić information content (AvgIpc) is 2.94. The molecule has 0 saturated heterocycles. The van der Waals surface area contributed by atoms with E-state index in [4.69, 9.17) is 0 Å². The zero-order chi connectivity index (χ0) is 12.5. The molecule has 17 heavy (non-hydrogen) atoms. The molecule has 1 saturated carbocycles. The van der Waals surface area contributed by atoms with Gasteiger partial charge in [0.25, 0.3) is 0 Å². The first kappa shape index (κ1) is 12.4. The number of hydrogen-bond donors (Lipinski definition) is 1. The molecule has 1 heterocycles. The maximum atomic E-state index is 11.2. The number of sulfone groups is 1. The van der Waals surface area contributed by atoms with Gasteiger partial charge in [0.1, 0.15) is 11.6 Å². The van der Waals surface area contributed by atoms with Crippen LogP contribution < -0.4 is 5.32 Å². The third kappa shape index (κ3) is 4.40. The van der Waals surface area contributed by atoms with Crippen molar-refractivity contribution in [3.63, 3.8) is 0 Å². The standard InChI is InChI=1S/C11H17N3O2S/c1-8-5-10(6-12-9-3-4-9)14-11(13-8)7-17(2,15)16/h5,9,12H,3-4,6-7H2,1-2H3. The first-order valence-electron chi connectivity index (χ1n) is 5.67. The Kier molecular flexibility index (Phi) is 3.44. The minimum atomic E-state index is -3.08. The van der Waals surface area contributed by atoms with Crippen LogP contribution in [-0.2, 0) is 22.1 Å². The zero-order valence-corrected chi connectivity index (χ0v) is 10.9. The first-order chi connectivity index (χ1) is 7.92. The maximum absolute atomic E-state index is 11.2. The Labute approximate surface area is 102 Å². The van der Waals surface area contributed by atoms with Gasteiger partial charge in [-0.1, -0.05) is 0 Å². The van der Waals surface area contributed by atoms with Crippen LogP contribution in [0.4, 0.5) is 0 Å². The lowest BCUT2D eigenvalue weighted by Crippen LogP contribution is -2.17. The van der Waals surface area contributed by atoms with Crippen molar-refractivity contribution in [1.82, 2.24) is 15.3 Å².